The van der Waals surface area contributed by atoms with E-state index in [1.54, 1.807) is 24.3 Å². The van der Waals surface area contributed by atoms with Gasteiger partial charge in [0.15, 0.2) is 23.1 Å². The summed E-state index contributed by atoms with van der Waals surface area (Å²) in [4.78, 5) is 56.0. The van der Waals surface area contributed by atoms with Crippen molar-refractivity contribution in [3.05, 3.63) is 112 Å². The Morgan fingerprint density at radius 2 is 1.64 bits per heavy atom. The molecule has 1 aliphatic heterocycles. The van der Waals surface area contributed by atoms with Crippen LogP contribution in [0.3, 0.4) is 0 Å². The molecular weight excluding hydrogens is 624 g/mol. The maximum absolute atomic E-state index is 14.1. The van der Waals surface area contributed by atoms with E-state index in [0.29, 0.717) is 28.8 Å². The number of carbonyl (C=O) groups is 4. The fraction of sp³-hybridized carbons (Fsp3) is 0.200. The molecule has 4 aliphatic rings. The number of Topliss-reactive ketones (excluding diaryl/α,β-unsaturated/α-hetero) is 1. The Morgan fingerprint density at radius 3 is 2.34 bits per heavy atom. The van der Waals surface area contributed by atoms with Gasteiger partial charge in [-0.3, -0.25) is 24.1 Å². The monoisotopic (exact) mass is 650 g/mol. The fourth-order valence-electron chi connectivity index (χ4n) is 7.11. The van der Waals surface area contributed by atoms with Crippen molar-refractivity contribution in [3.63, 3.8) is 0 Å². The molecule has 220 valence electrons. The molecule has 0 unspecified atom stereocenters. The first-order chi connectivity index (χ1) is 21.3. The van der Waals surface area contributed by atoms with E-state index in [2.05, 4.69) is 21.2 Å². The van der Waals surface area contributed by atoms with Crippen LogP contribution in [0, 0.1) is 17.8 Å². The van der Waals surface area contributed by atoms with Crippen LogP contribution in [-0.4, -0.2) is 35.6 Å². The highest BCUT2D eigenvalue weighted by atomic mass is 79.9. The SMILES string of the molecule is COc1ccc([C@H]2C3=CC[C@@H]4C(=O)N(c5ccc(Nc6ccccc6)cc5)C(=O)[C@@H]4[C@@H]3CC3=C2C(=O)C=C(Br)C3=O)cc1O. The van der Waals surface area contributed by atoms with Crippen LogP contribution in [0.4, 0.5) is 17.1 Å². The Labute approximate surface area is 261 Å². The van der Waals surface area contributed by atoms with Crippen LogP contribution < -0.4 is 15.0 Å². The van der Waals surface area contributed by atoms with E-state index in [1.165, 1.54) is 24.2 Å². The van der Waals surface area contributed by atoms with E-state index in [-0.39, 0.29) is 45.8 Å². The lowest BCUT2D eigenvalue weighted by atomic mass is 9.59. The minimum Gasteiger partial charge on any atom is -0.504 e. The number of carbonyl (C=O) groups excluding carboxylic acids is 4. The molecule has 3 aromatic carbocycles. The normalized spacial score (nSPS) is 24.4. The Morgan fingerprint density at radius 1 is 0.909 bits per heavy atom. The molecule has 2 N–H and O–H groups in total. The maximum Gasteiger partial charge on any atom is 0.238 e. The summed E-state index contributed by atoms with van der Waals surface area (Å²) in [6.07, 6.45) is 3.73. The average molecular weight is 652 g/mol. The van der Waals surface area contributed by atoms with Crippen LogP contribution in [0.2, 0.25) is 0 Å². The molecule has 1 fully saturated rings. The van der Waals surface area contributed by atoms with Crippen molar-refractivity contribution < 1.29 is 29.0 Å². The molecular formula is C35H27BrN2O6. The summed E-state index contributed by atoms with van der Waals surface area (Å²) in [5.74, 6) is -3.43. The third-order valence-corrected chi connectivity index (χ3v) is 9.64. The van der Waals surface area contributed by atoms with Gasteiger partial charge in [-0.1, -0.05) is 35.9 Å². The minimum atomic E-state index is -0.694. The highest BCUT2D eigenvalue weighted by molar-refractivity contribution is 9.12. The van der Waals surface area contributed by atoms with E-state index in [1.807, 2.05) is 48.5 Å². The van der Waals surface area contributed by atoms with E-state index < -0.39 is 23.7 Å². The van der Waals surface area contributed by atoms with Gasteiger partial charge in [0.1, 0.15) is 0 Å². The number of allylic oxidation sites excluding steroid dienone is 6. The topological polar surface area (TPSA) is 113 Å². The van der Waals surface area contributed by atoms with E-state index in [0.717, 1.165) is 16.9 Å². The molecule has 9 heteroatoms. The van der Waals surface area contributed by atoms with Crippen molar-refractivity contribution in [2.24, 2.45) is 17.8 Å². The number of rotatable bonds is 5. The fourth-order valence-corrected chi connectivity index (χ4v) is 7.56. The molecule has 0 spiro atoms. The summed E-state index contributed by atoms with van der Waals surface area (Å²) >= 11 is 3.25. The van der Waals surface area contributed by atoms with Crippen molar-refractivity contribution in [2.45, 2.75) is 18.8 Å². The van der Waals surface area contributed by atoms with Crippen LogP contribution >= 0.6 is 15.9 Å². The second-order valence-corrected chi connectivity index (χ2v) is 12.2. The lowest BCUT2D eigenvalue weighted by Gasteiger charge is -2.42. The number of anilines is 3. The van der Waals surface area contributed by atoms with Gasteiger partial charge in [0, 0.05) is 34.5 Å². The largest absolute Gasteiger partial charge is 0.504 e. The van der Waals surface area contributed by atoms with Gasteiger partial charge in [-0.2, -0.15) is 0 Å². The number of fused-ring (bicyclic) bond motifs is 3. The number of amides is 2. The average Bonchev–Trinajstić information content (AvgIpc) is 3.29. The first-order valence-corrected chi connectivity index (χ1v) is 15.1. The number of methoxy groups -OCH3 is 1. The van der Waals surface area contributed by atoms with Gasteiger partial charge in [0.05, 0.1) is 29.1 Å². The molecule has 7 rings (SSSR count). The number of benzene rings is 3. The smallest absolute Gasteiger partial charge is 0.238 e. The van der Waals surface area contributed by atoms with Gasteiger partial charge >= 0.3 is 0 Å². The molecule has 0 saturated carbocycles. The molecule has 1 saturated heterocycles. The van der Waals surface area contributed by atoms with Gasteiger partial charge in [0.2, 0.25) is 11.8 Å². The van der Waals surface area contributed by atoms with Crippen LogP contribution in [0.1, 0.15) is 24.3 Å². The van der Waals surface area contributed by atoms with Gasteiger partial charge in [-0.05, 0) is 88.8 Å². The number of ether oxygens (including phenoxy) is 1. The summed E-state index contributed by atoms with van der Waals surface area (Å²) < 4.78 is 5.39. The Balaban J connectivity index is 1.25. The van der Waals surface area contributed by atoms with Crippen molar-refractivity contribution in [1.82, 2.24) is 0 Å². The molecule has 3 aliphatic carbocycles. The Kier molecular flexibility index (Phi) is 6.85. The minimum absolute atomic E-state index is 0.0987. The number of hydrogen-bond acceptors (Lipinski definition) is 7. The van der Waals surface area contributed by atoms with Crippen molar-refractivity contribution in [1.29, 1.82) is 0 Å². The molecule has 4 atom stereocenters. The predicted octanol–water partition coefficient (Wildman–Crippen LogP) is 6.11. The summed E-state index contributed by atoms with van der Waals surface area (Å²) in [6, 6.07) is 21.8. The number of para-hydroxylation sites is 1. The summed E-state index contributed by atoms with van der Waals surface area (Å²) in [5.41, 5.74) is 4.32. The zero-order chi connectivity index (χ0) is 30.7. The zero-order valence-corrected chi connectivity index (χ0v) is 25.2. The van der Waals surface area contributed by atoms with Crippen molar-refractivity contribution >= 4 is 56.4 Å². The van der Waals surface area contributed by atoms with Crippen molar-refractivity contribution in [3.8, 4) is 11.5 Å². The highest BCUT2D eigenvalue weighted by Gasteiger charge is 2.56. The molecule has 0 bridgehead atoms. The number of nitrogens with one attached hydrogen (secondary N) is 1. The van der Waals surface area contributed by atoms with Gasteiger partial charge < -0.3 is 15.2 Å². The highest BCUT2D eigenvalue weighted by Crippen LogP contribution is 2.56. The molecule has 44 heavy (non-hydrogen) atoms. The zero-order valence-electron chi connectivity index (χ0n) is 23.6. The number of ketones is 2. The third kappa shape index (κ3) is 4.42. The van der Waals surface area contributed by atoms with Crippen LogP contribution in [0.5, 0.6) is 11.5 Å². The summed E-state index contributed by atoms with van der Waals surface area (Å²) in [7, 11) is 1.45. The Bertz CT molecular complexity index is 1840. The van der Waals surface area contributed by atoms with Crippen LogP contribution in [-0.2, 0) is 19.2 Å². The number of hydrogen-bond donors (Lipinski definition) is 2. The van der Waals surface area contributed by atoms with E-state index in [4.69, 9.17) is 4.74 Å². The first-order valence-electron chi connectivity index (χ1n) is 14.3. The number of phenolic OH excluding ortho intramolecular Hbond substituents is 1. The van der Waals surface area contributed by atoms with E-state index >= 15 is 0 Å². The van der Waals surface area contributed by atoms with Gasteiger partial charge in [-0.15, -0.1) is 0 Å². The molecule has 1 heterocycles. The number of halogens is 1. The second-order valence-electron chi connectivity index (χ2n) is 11.4. The number of nitrogens with zero attached hydrogens (tertiary/aromatic N) is 1. The molecule has 8 nitrogen and oxygen atoms in total. The Hall–Kier alpha value is -4.76. The van der Waals surface area contributed by atoms with Gasteiger partial charge in [-0.25, -0.2) is 0 Å². The lowest BCUT2D eigenvalue weighted by Crippen LogP contribution is -2.39. The first kappa shape index (κ1) is 28.0. The van der Waals surface area contributed by atoms with Crippen LogP contribution in [0.15, 0.2) is 106 Å². The van der Waals surface area contributed by atoms with E-state index in [9.17, 15) is 24.3 Å². The standard InChI is InChI=1S/C35H27BrN2O6/c1-44-29-14-7-18(15-27(29)39)30-22-12-13-23-31(24(22)16-25-32(30)28(40)17-26(36)33(25)41)35(43)38(34(23)42)21-10-8-20(9-11-21)37-19-5-3-2-4-6-19/h2-12,14-15,17,23-24,30-31,37,39H,13,16H2,1H3/t23-,24+,30-,31-/m0/s1. The molecule has 0 radical (unpaired) electrons. The lowest BCUT2D eigenvalue weighted by molar-refractivity contribution is -0.123. The summed E-state index contributed by atoms with van der Waals surface area (Å²) in [5, 5.41) is 13.9. The predicted molar refractivity (Wildman–Crippen MR) is 168 cm³/mol. The van der Waals surface area contributed by atoms with Gasteiger partial charge in [0.25, 0.3) is 0 Å². The quantitative estimate of drug-likeness (QED) is 0.195. The number of aromatic hydroxyl groups is 1. The summed E-state index contributed by atoms with van der Waals surface area (Å²) in [6.45, 7) is 0. The maximum atomic E-state index is 14.1. The number of imide groups is 1. The molecule has 0 aromatic heterocycles. The number of phenols is 1. The van der Waals surface area contributed by atoms with Crippen molar-refractivity contribution in [2.75, 3.05) is 17.3 Å². The molecule has 2 amide bonds. The third-order valence-electron chi connectivity index (χ3n) is 9.06. The second kappa shape index (κ2) is 10.7. The molecule has 3 aromatic rings. The van der Waals surface area contributed by atoms with Crippen LogP contribution in [0.25, 0.3) is 0 Å².